The van der Waals surface area contributed by atoms with E-state index in [1.54, 1.807) is 38.1 Å². The molecule has 1 aliphatic heterocycles. The summed E-state index contributed by atoms with van der Waals surface area (Å²) in [4.78, 5) is 25.1. The average molecular weight is 307 g/mol. The maximum Gasteiger partial charge on any atom is 0.325 e. The number of imide groups is 1. The van der Waals surface area contributed by atoms with Crippen molar-refractivity contribution in [3.05, 3.63) is 29.8 Å². The molecule has 0 unspecified atom stereocenters. The number of nitrogens with one attached hydrogen (secondary N) is 1. The van der Waals surface area contributed by atoms with Crippen LogP contribution in [-0.2, 0) is 4.79 Å². The zero-order chi connectivity index (χ0) is 15.6. The summed E-state index contributed by atoms with van der Waals surface area (Å²) in [6.07, 6.45) is 0. The molecule has 2 rings (SSSR count). The molecule has 1 aromatic rings. The van der Waals surface area contributed by atoms with E-state index in [9.17, 15) is 9.59 Å². The van der Waals surface area contributed by atoms with E-state index >= 15 is 0 Å². The molecule has 0 spiro atoms. The van der Waals surface area contributed by atoms with Crippen LogP contribution in [0.4, 0.5) is 4.79 Å². The number of ether oxygens (including phenoxy) is 1. The number of hydrogen-bond donors (Lipinski definition) is 2. The number of thiocarbonyl (C=S) groups is 1. The molecule has 1 saturated heterocycles. The predicted molar refractivity (Wildman–Crippen MR) is 82.1 cm³/mol. The topological polar surface area (TPSA) is 84.7 Å². The lowest BCUT2D eigenvalue weighted by atomic mass is 10.1. The molecule has 0 aromatic heterocycles. The number of carbonyl (C=O) groups is 2. The van der Waals surface area contributed by atoms with Crippen molar-refractivity contribution in [1.29, 1.82) is 0 Å². The Morgan fingerprint density at radius 2 is 2.14 bits per heavy atom. The maximum atomic E-state index is 12.0. The molecule has 21 heavy (non-hydrogen) atoms. The molecule has 6 nitrogen and oxygen atoms in total. The molecule has 0 atom stereocenters. The van der Waals surface area contributed by atoms with Gasteiger partial charge in [0.15, 0.2) is 0 Å². The fourth-order valence-electron chi connectivity index (χ4n) is 2.01. The third-order valence-corrected chi connectivity index (χ3v) is 3.38. The molecule has 0 radical (unpaired) electrons. The summed E-state index contributed by atoms with van der Waals surface area (Å²) in [7, 11) is 0. The minimum Gasteiger partial charge on any atom is -0.492 e. The molecule has 1 aliphatic rings. The maximum absolute atomic E-state index is 12.0. The van der Waals surface area contributed by atoms with Gasteiger partial charge in [0.25, 0.3) is 5.91 Å². The van der Waals surface area contributed by atoms with Gasteiger partial charge in [-0.1, -0.05) is 24.4 Å². The summed E-state index contributed by atoms with van der Waals surface area (Å²) in [5.41, 5.74) is 5.40. The first kappa shape index (κ1) is 15.2. The van der Waals surface area contributed by atoms with Crippen molar-refractivity contribution < 1.29 is 14.3 Å². The van der Waals surface area contributed by atoms with Gasteiger partial charge in [-0.25, -0.2) is 4.79 Å². The van der Waals surface area contributed by atoms with Crippen molar-refractivity contribution in [1.82, 2.24) is 10.2 Å². The van der Waals surface area contributed by atoms with Gasteiger partial charge >= 0.3 is 6.03 Å². The molecule has 0 aliphatic carbocycles. The highest BCUT2D eigenvalue weighted by Crippen LogP contribution is 2.17. The second-order valence-electron chi connectivity index (χ2n) is 5.25. The minimum absolute atomic E-state index is 0.186. The van der Waals surface area contributed by atoms with E-state index in [2.05, 4.69) is 5.32 Å². The number of nitrogens with two attached hydrogens (primary N) is 1. The van der Waals surface area contributed by atoms with E-state index in [0.29, 0.717) is 11.3 Å². The number of hydrogen-bond acceptors (Lipinski definition) is 4. The fraction of sp³-hybridized carbons (Fsp3) is 0.357. The van der Waals surface area contributed by atoms with Crippen LogP contribution in [0.2, 0.25) is 0 Å². The van der Waals surface area contributed by atoms with Gasteiger partial charge < -0.3 is 15.8 Å². The molecular formula is C14H17N3O3S. The highest BCUT2D eigenvalue weighted by molar-refractivity contribution is 7.80. The van der Waals surface area contributed by atoms with Crippen molar-refractivity contribution in [2.45, 2.75) is 19.4 Å². The molecule has 1 fully saturated rings. The third kappa shape index (κ3) is 3.30. The van der Waals surface area contributed by atoms with Crippen LogP contribution >= 0.6 is 12.2 Å². The normalized spacial score (nSPS) is 16.8. The molecule has 3 N–H and O–H groups in total. The highest BCUT2D eigenvalue weighted by atomic mass is 32.1. The molecule has 112 valence electrons. The fourth-order valence-corrected chi connectivity index (χ4v) is 2.14. The highest BCUT2D eigenvalue weighted by Gasteiger charge is 2.43. The van der Waals surface area contributed by atoms with Crippen molar-refractivity contribution >= 4 is 29.1 Å². The number of carbonyl (C=O) groups excluding carboxylic acids is 2. The van der Waals surface area contributed by atoms with Crippen molar-refractivity contribution in [3.63, 3.8) is 0 Å². The van der Waals surface area contributed by atoms with E-state index in [1.807, 2.05) is 0 Å². The lowest BCUT2D eigenvalue weighted by molar-refractivity contribution is -0.130. The summed E-state index contributed by atoms with van der Waals surface area (Å²) < 4.78 is 5.53. The van der Waals surface area contributed by atoms with Crippen LogP contribution in [-0.4, -0.2) is 40.5 Å². The zero-order valence-corrected chi connectivity index (χ0v) is 12.7. The largest absolute Gasteiger partial charge is 0.492 e. The van der Waals surface area contributed by atoms with Gasteiger partial charge in [0.2, 0.25) is 0 Å². The van der Waals surface area contributed by atoms with E-state index in [1.165, 1.54) is 0 Å². The Balaban J connectivity index is 1.93. The van der Waals surface area contributed by atoms with Crippen LogP contribution in [0.1, 0.15) is 19.4 Å². The second kappa shape index (κ2) is 5.69. The lowest BCUT2D eigenvalue weighted by Gasteiger charge is -2.16. The minimum atomic E-state index is -0.858. The number of benzene rings is 1. The Hall–Kier alpha value is -2.15. The summed E-state index contributed by atoms with van der Waals surface area (Å²) >= 11 is 4.89. The quantitative estimate of drug-likeness (QED) is 0.627. The Kier molecular flexibility index (Phi) is 4.13. The van der Waals surface area contributed by atoms with Crippen LogP contribution in [0.25, 0.3) is 0 Å². The Bertz CT molecular complexity index is 601. The van der Waals surface area contributed by atoms with Gasteiger partial charge in [0.05, 0.1) is 6.54 Å². The molecule has 3 amide bonds. The number of rotatable bonds is 5. The summed E-state index contributed by atoms with van der Waals surface area (Å²) in [6, 6.07) is 6.65. The molecular weight excluding hydrogens is 290 g/mol. The van der Waals surface area contributed by atoms with E-state index < -0.39 is 11.6 Å². The van der Waals surface area contributed by atoms with E-state index in [-0.39, 0.29) is 24.0 Å². The Morgan fingerprint density at radius 3 is 2.71 bits per heavy atom. The van der Waals surface area contributed by atoms with Crippen molar-refractivity contribution in [2.24, 2.45) is 5.73 Å². The van der Waals surface area contributed by atoms with Crippen LogP contribution in [0.15, 0.2) is 24.3 Å². The van der Waals surface area contributed by atoms with Crippen molar-refractivity contribution in [2.75, 3.05) is 13.2 Å². The van der Waals surface area contributed by atoms with Crippen LogP contribution in [0.3, 0.4) is 0 Å². The first-order valence-corrected chi connectivity index (χ1v) is 6.89. The first-order chi connectivity index (χ1) is 9.81. The Labute approximate surface area is 128 Å². The summed E-state index contributed by atoms with van der Waals surface area (Å²) in [6.45, 7) is 3.72. The van der Waals surface area contributed by atoms with E-state index in [0.717, 1.165) is 4.90 Å². The molecule has 1 heterocycles. The van der Waals surface area contributed by atoms with Gasteiger partial charge in [-0.2, -0.15) is 0 Å². The molecule has 0 bridgehead atoms. The SMILES string of the molecule is CC1(C)NC(=O)N(CCOc2cccc(C(N)=S)c2)C1=O. The molecule has 7 heteroatoms. The van der Waals surface area contributed by atoms with Gasteiger partial charge in [0, 0.05) is 5.56 Å². The van der Waals surface area contributed by atoms with Crippen LogP contribution in [0.5, 0.6) is 5.75 Å². The van der Waals surface area contributed by atoms with Gasteiger partial charge in [-0.3, -0.25) is 9.69 Å². The van der Waals surface area contributed by atoms with Crippen molar-refractivity contribution in [3.8, 4) is 5.75 Å². The monoisotopic (exact) mass is 307 g/mol. The predicted octanol–water partition coefficient (Wildman–Crippen LogP) is 1.03. The average Bonchev–Trinajstić information content (AvgIpc) is 2.61. The number of nitrogens with zero attached hydrogens (tertiary/aromatic N) is 1. The Morgan fingerprint density at radius 1 is 1.43 bits per heavy atom. The first-order valence-electron chi connectivity index (χ1n) is 6.48. The van der Waals surface area contributed by atoms with Crippen LogP contribution in [0, 0.1) is 0 Å². The van der Waals surface area contributed by atoms with E-state index in [4.69, 9.17) is 22.7 Å². The lowest BCUT2D eigenvalue weighted by Crippen LogP contribution is -2.40. The summed E-state index contributed by atoms with van der Waals surface area (Å²) in [5, 5.41) is 2.61. The third-order valence-electron chi connectivity index (χ3n) is 3.15. The number of amides is 3. The summed E-state index contributed by atoms with van der Waals surface area (Å²) in [5.74, 6) is 0.333. The second-order valence-corrected chi connectivity index (χ2v) is 5.69. The standard InChI is InChI=1S/C14H17N3O3S/c1-14(2)12(18)17(13(19)16-14)6-7-20-10-5-3-4-9(8-10)11(15)21/h3-5,8H,6-7H2,1-2H3,(H2,15,21)(H,16,19). The zero-order valence-electron chi connectivity index (χ0n) is 11.9. The van der Waals surface area contributed by atoms with Gasteiger partial charge in [-0.15, -0.1) is 0 Å². The number of urea groups is 1. The molecule has 0 saturated carbocycles. The molecule has 1 aromatic carbocycles. The van der Waals surface area contributed by atoms with Gasteiger partial charge in [0.1, 0.15) is 22.9 Å². The smallest absolute Gasteiger partial charge is 0.325 e. The van der Waals surface area contributed by atoms with Gasteiger partial charge in [-0.05, 0) is 26.0 Å². The van der Waals surface area contributed by atoms with Crippen LogP contribution < -0.4 is 15.8 Å².